The Morgan fingerprint density at radius 2 is 1.63 bits per heavy atom. The van der Waals surface area contributed by atoms with Crippen molar-refractivity contribution in [3.8, 4) is 0 Å². The van der Waals surface area contributed by atoms with Crippen LogP contribution in [0.4, 0.5) is 0 Å². The summed E-state index contributed by atoms with van der Waals surface area (Å²) in [6.45, 7) is 5.46. The molecule has 0 saturated heterocycles. The molecule has 19 heavy (non-hydrogen) atoms. The molecule has 1 aliphatic rings. The maximum absolute atomic E-state index is 9.49. The Labute approximate surface area is 117 Å². The van der Waals surface area contributed by atoms with E-state index in [1.54, 1.807) is 0 Å². The molecular formula is C17H27NO. The fraction of sp³-hybridized carbons (Fsp3) is 0.647. The molecule has 0 amide bonds. The highest BCUT2D eigenvalue weighted by Crippen LogP contribution is 2.18. The van der Waals surface area contributed by atoms with Crippen LogP contribution >= 0.6 is 0 Å². The first kappa shape index (κ1) is 14.5. The molecule has 0 aromatic heterocycles. The fourth-order valence-corrected chi connectivity index (χ4v) is 2.81. The van der Waals surface area contributed by atoms with Crippen molar-refractivity contribution in [3.05, 3.63) is 35.4 Å². The Kier molecular flexibility index (Phi) is 5.41. The SMILES string of the molecule is CC(C)Cc1ccc(CNC2CCC(O)CC2)cc1. The molecule has 0 aliphatic heterocycles. The molecule has 0 atom stereocenters. The van der Waals surface area contributed by atoms with E-state index in [4.69, 9.17) is 0 Å². The van der Waals surface area contributed by atoms with Crippen molar-refractivity contribution in [1.29, 1.82) is 0 Å². The minimum Gasteiger partial charge on any atom is -0.393 e. The monoisotopic (exact) mass is 261 g/mol. The predicted molar refractivity (Wildman–Crippen MR) is 80.1 cm³/mol. The molecule has 2 nitrogen and oxygen atoms in total. The summed E-state index contributed by atoms with van der Waals surface area (Å²) in [5.41, 5.74) is 2.79. The van der Waals surface area contributed by atoms with E-state index < -0.39 is 0 Å². The highest BCUT2D eigenvalue weighted by atomic mass is 16.3. The van der Waals surface area contributed by atoms with Crippen LogP contribution in [0.5, 0.6) is 0 Å². The van der Waals surface area contributed by atoms with E-state index >= 15 is 0 Å². The quantitative estimate of drug-likeness (QED) is 0.852. The van der Waals surface area contributed by atoms with Crippen LogP contribution in [-0.2, 0) is 13.0 Å². The summed E-state index contributed by atoms with van der Waals surface area (Å²) < 4.78 is 0. The van der Waals surface area contributed by atoms with Crippen molar-refractivity contribution < 1.29 is 5.11 Å². The summed E-state index contributed by atoms with van der Waals surface area (Å²) in [4.78, 5) is 0. The molecule has 1 aromatic carbocycles. The van der Waals surface area contributed by atoms with E-state index in [0.29, 0.717) is 6.04 Å². The van der Waals surface area contributed by atoms with Crippen LogP contribution in [0, 0.1) is 5.92 Å². The van der Waals surface area contributed by atoms with Gasteiger partial charge < -0.3 is 10.4 Å². The maximum atomic E-state index is 9.49. The lowest BCUT2D eigenvalue weighted by atomic mass is 9.93. The van der Waals surface area contributed by atoms with E-state index in [2.05, 4.69) is 43.4 Å². The van der Waals surface area contributed by atoms with Gasteiger partial charge in [-0.15, -0.1) is 0 Å². The zero-order valence-corrected chi connectivity index (χ0v) is 12.2. The maximum Gasteiger partial charge on any atom is 0.0541 e. The summed E-state index contributed by atoms with van der Waals surface area (Å²) in [7, 11) is 0. The van der Waals surface area contributed by atoms with Crippen molar-refractivity contribution in [3.63, 3.8) is 0 Å². The Bertz CT molecular complexity index is 363. The zero-order chi connectivity index (χ0) is 13.7. The molecule has 2 N–H and O–H groups in total. The van der Waals surface area contributed by atoms with Gasteiger partial charge in [0, 0.05) is 12.6 Å². The zero-order valence-electron chi connectivity index (χ0n) is 12.2. The molecule has 0 bridgehead atoms. The van der Waals surface area contributed by atoms with Crippen molar-refractivity contribution in [2.75, 3.05) is 0 Å². The van der Waals surface area contributed by atoms with Crippen LogP contribution in [0.1, 0.15) is 50.7 Å². The number of aliphatic hydroxyl groups is 1. The van der Waals surface area contributed by atoms with Gasteiger partial charge >= 0.3 is 0 Å². The van der Waals surface area contributed by atoms with E-state index in [0.717, 1.165) is 44.6 Å². The second kappa shape index (κ2) is 7.06. The molecule has 0 heterocycles. The molecule has 1 saturated carbocycles. The Balaban J connectivity index is 1.76. The molecule has 0 unspecified atom stereocenters. The summed E-state index contributed by atoms with van der Waals surface area (Å²) in [6, 6.07) is 9.56. The Hall–Kier alpha value is -0.860. The van der Waals surface area contributed by atoms with Crippen LogP contribution in [0.2, 0.25) is 0 Å². The highest BCUT2D eigenvalue weighted by molar-refractivity contribution is 5.22. The van der Waals surface area contributed by atoms with Gasteiger partial charge in [-0.1, -0.05) is 38.1 Å². The molecule has 1 aliphatic carbocycles. The first-order chi connectivity index (χ1) is 9.13. The van der Waals surface area contributed by atoms with Gasteiger partial charge in [-0.3, -0.25) is 0 Å². The molecule has 106 valence electrons. The third-order valence-electron chi connectivity index (χ3n) is 3.96. The average molecular weight is 261 g/mol. The van der Waals surface area contributed by atoms with E-state index in [9.17, 15) is 5.11 Å². The van der Waals surface area contributed by atoms with Crippen LogP contribution in [0.15, 0.2) is 24.3 Å². The lowest BCUT2D eigenvalue weighted by Crippen LogP contribution is -2.34. The minimum atomic E-state index is -0.0617. The van der Waals surface area contributed by atoms with E-state index in [1.165, 1.54) is 11.1 Å². The van der Waals surface area contributed by atoms with Gasteiger partial charge in [0.2, 0.25) is 0 Å². The lowest BCUT2D eigenvalue weighted by Gasteiger charge is -2.26. The Morgan fingerprint density at radius 1 is 1.05 bits per heavy atom. The number of rotatable bonds is 5. The van der Waals surface area contributed by atoms with Crippen molar-refractivity contribution in [1.82, 2.24) is 5.32 Å². The summed E-state index contributed by atoms with van der Waals surface area (Å²) in [5, 5.41) is 13.1. The van der Waals surface area contributed by atoms with Gasteiger partial charge in [-0.05, 0) is 49.1 Å². The topological polar surface area (TPSA) is 32.3 Å². The number of benzene rings is 1. The first-order valence-electron chi connectivity index (χ1n) is 7.62. The fourth-order valence-electron chi connectivity index (χ4n) is 2.81. The normalized spacial score (nSPS) is 23.8. The third-order valence-corrected chi connectivity index (χ3v) is 3.96. The van der Waals surface area contributed by atoms with Crippen LogP contribution in [0.3, 0.4) is 0 Å². The second-order valence-corrected chi connectivity index (χ2v) is 6.30. The number of hydrogen-bond donors (Lipinski definition) is 2. The molecular weight excluding hydrogens is 234 g/mol. The largest absolute Gasteiger partial charge is 0.393 e. The molecule has 1 aromatic rings. The molecule has 0 radical (unpaired) electrons. The lowest BCUT2D eigenvalue weighted by molar-refractivity contribution is 0.116. The molecule has 1 fully saturated rings. The Morgan fingerprint density at radius 3 is 2.21 bits per heavy atom. The van der Waals surface area contributed by atoms with Gasteiger partial charge in [-0.25, -0.2) is 0 Å². The van der Waals surface area contributed by atoms with Crippen LogP contribution < -0.4 is 5.32 Å². The van der Waals surface area contributed by atoms with Crippen molar-refractivity contribution in [2.45, 2.75) is 64.6 Å². The highest BCUT2D eigenvalue weighted by Gasteiger charge is 2.18. The summed E-state index contributed by atoms with van der Waals surface area (Å²) >= 11 is 0. The summed E-state index contributed by atoms with van der Waals surface area (Å²) in [5.74, 6) is 0.720. The third kappa shape index (κ3) is 4.96. The number of nitrogens with one attached hydrogen (secondary N) is 1. The predicted octanol–water partition coefficient (Wildman–Crippen LogP) is 3.28. The first-order valence-corrected chi connectivity index (χ1v) is 7.62. The van der Waals surface area contributed by atoms with Crippen molar-refractivity contribution >= 4 is 0 Å². The van der Waals surface area contributed by atoms with Crippen molar-refractivity contribution in [2.24, 2.45) is 5.92 Å². The van der Waals surface area contributed by atoms with E-state index in [1.807, 2.05) is 0 Å². The standard InChI is InChI=1S/C17H27NO/c1-13(2)11-14-3-5-15(6-4-14)12-18-16-7-9-17(19)10-8-16/h3-6,13,16-19H,7-12H2,1-2H3. The smallest absolute Gasteiger partial charge is 0.0541 e. The second-order valence-electron chi connectivity index (χ2n) is 6.30. The number of aliphatic hydroxyl groups excluding tert-OH is 1. The molecule has 0 spiro atoms. The van der Waals surface area contributed by atoms with Crippen LogP contribution in [0.25, 0.3) is 0 Å². The van der Waals surface area contributed by atoms with Gasteiger partial charge in [0.15, 0.2) is 0 Å². The molecule has 2 heteroatoms. The average Bonchev–Trinajstić information content (AvgIpc) is 2.39. The van der Waals surface area contributed by atoms with Gasteiger partial charge in [0.1, 0.15) is 0 Å². The number of hydrogen-bond acceptors (Lipinski definition) is 2. The minimum absolute atomic E-state index is 0.0617. The van der Waals surface area contributed by atoms with Gasteiger partial charge in [-0.2, -0.15) is 0 Å². The summed E-state index contributed by atoms with van der Waals surface area (Å²) in [6.07, 6.45) is 5.21. The molecule has 2 rings (SSSR count). The van der Waals surface area contributed by atoms with Gasteiger partial charge in [0.05, 0.1) is 6.10 Å². The van der Waals surface area contributed by atoms with E-state index in [-0.39, 0.29) is 6.10 Å². The van der Waals surface area contributed by atoms with Crippen LogP contribution in [-0.4, -0.2) is 17.3 Å². The van der Waals surface area contributed by atoms with Gasteiger partial charge in [0.25, 0.3) is 0 Å².